The van der Waals surface area contributed by atoms with Crippen LogP contribution in [0.4, 0.5) is 11.4 Å². The highest BCUT2D eigenvalue weighted by Crippen LogP contribution is 2.39. The first kappa shape index (κ1) is 18.2. The Kier molecular flexibility index (Phi) is 5.77. The minimum absolute atomic E-state index is 0.0610. The third kappa shape index (κ3) is 4.23. The molecule has 1 saturated carbocycles. The molecule has 2 N–H and O–H groups in total. The summed E-state index contributed by atoms with van der Waals surface area (Å²) in [4.78, 5) is 24.8. The molecule has 0 radical (unpaired) electrons. The molecule has 0 aromatic heterocycles. The molecule has 0 heterocycles. The van der Waals surface area contributed by atoms with Gasteiger partial charge in [-0.1, -0.05) is 12.8 Å². The van der Waals surface area contributed by atoms with Crippen molar-refractivity contribution in [2.75, 3.05) is 39.5 Å². The second kappa shape index (κ2) is 7.61. The number of amides is 1. The van der Waals surface area contributed by atoms with Crippen molar-refractivity contribution in [2.45, 2.75) is 25.7 Å². The van der Waals surface area contributed by atoms with Gasteiger partial charge >= 0.3 is 0 Å². The number of nitrogens with one attached hydrogen (secondary N) is 2. The monoisotopic (exact) mass is 334 g/mol. The number of hydrogen-bond donors (Lipinski definition) is 2. The van der Waals surface area contributed by atoms with Gasteiger partial charge in [-0.2, -0.15) is 0 Å². The van der Waals surface area contributed by atoms with E-state index < -0.39 is 4.92 Å². The molecule has 0 atom stereocenters. The molecular formula is C17H26N4O3. The normalized spacial score (nSPS) is 16.2. The molecule has 1 aliphatic carbocycles. The number of nitro benzene ring substituents is 1. The number of nitro groups is 1. The number of benzene rings is 1. The molecule has 0 bridgehead atoms. The molecule has 7 nitrogen and oxygen atoms in total. The molecule has 0 saturated heterocycles. The predicted molar refractivity (Wildman–Crippen MR) is 94.4 cm³/mol. The molecular weight excluding hydrogens is 308 g/mol. The van der Waals surface area contributed by atoms with Gasteiger partial charge in [0.1, 0.15) is 5.69 Å². The van der Waals surface area contributed by atoms with Gasteiger partial charge < -0.3 is 15.5 Å². The summed E-state index contributed by atoms with van der Waals surface area (Å²) in [6, 6.07) is 4.57. The Bertz CT molecular complexity index is 610. The highest BCUT2D eigenvalue weighted by molar-refractivity contribution is 5.95. The van der Waals surface area contributed by atoms with Crippen LogP contribution in [0.5, 0.6) is 0 Å². The zero-order valence-electron chi connectivity index (χ0n) is 14.6. The smallest absolute Gasteiger partial charge is 0.293 e. The molecule has 0 spiro atoms. The standard InChI is InChI=1S/C17H26N4O3/c1-18-16(22)13-6-7-14(15(10-13)21(23)24)19-11-17(12-20(2)3)8-4-5-9-17/h6-7,10,19H,4-5,8-9,11-12H2,1-3H3,(H,18,22). The fraction of sp³-hybridized carbons (Fsp3) is 0.588. The molecule has 1 aromatic carbocycles. The van der Waals surface area contributed by atoms with Crippen LogP contribution in [0.2, 0.25) is 0 Å². The average molecular weight is 334 g/mol. The zero-order chi connectivity index (χ0) is 17.7. The lowest BCUT2D eigenvalue weighted by molar-refractivity contribution is -0.384. The zero-order valence-corrected chi connectivity index (χ0v) is 14.6. The molecule has 0 aliphatic heterocycles. The van der Waals surface area contributed by atoms with Crippen molar-refractivity contribution in [1.82, 2.24) is 10.2 Å². The van der Waals surface area contributed by atoms with E-state index in [4.69, 9.17) is 0 Å². The summed E-state index contributed by atoms with van der Waals surface area (Å²) in [6.07, 6.45) is 4.66. The summed E-state index contributed by atoms with van der Waals surface area (Å²) in [5.74, 6) is -0.329. The van der Waals surface area contributed by atoms with E-state index in [0.717, 1.165) is 19.4 Å². The lowest BCUT2D eigenvalue weighted by Crippen LogP contribution is -2.37. The highest BCUT2D eigenvalue weighted by Gasteiger charge is 2.34. The topological polar surface area (TPSA) is 87.5 Å². The van der Waals surface area contributed by atoms with Crippen LogP contribution >= 0.6 is 0 Å². The van der Waals surface area contributed by atoms with Crippen molar-refractivity contribution in [3.63, 3.8) is 0 Å². The average Bonchev–Trinajstić information content (AvgIpc) is 2.99. The van der Waals surface area contributed by atoms with Gasteiger partial charge in [-0.05, 0) is 39.1 Å². The molecule has 24 heavy (non-hydrogen) atoms. The fourth-order valence-corrected chi connectivity index (χ4v) is 3.59. The van der Waals surface area contributed by atoms with Crippen LogP contribution in [0.3, 0.4) is 0 Å². The number of nitrogens with zero attached hydrogens (tertiary/aromatic N) is 2. The van der Waals surface area contributed by atoms with E-state index in [1.54, 1.807) is 12.1 Å². The number of hydrogen-bond acceptors (Lipinski definition) is 5. The minimum atomic E-state index is -0.442. The highest BCUT2D eigenvalue weighted by atomic mass is 16.6. The molecule has 0 unspecified atom stereocenters. The van der Waals surface area contributed by atoms with Gasteiger partial charge in [0.15, 0.2) is 0 Å². The van der Waals surface area contributed by atoms with Crippen LogP contribution < -0.4 is 10.6 Å². The van der Waals surface area contributed by atoms with E-state index in [9.17, 15) is 14.9 Å². The summed E-state index contributed by atoms with van der Waals surface area (Å²) >= 11 is 0. The predicted octanol–water partition coefficient (Wildman–Crippen LogP) is 2.49. The van der Waals surface area contributed by atoms with Crippen molar-refractivity contribution in [2.24, 2.45) is 5.41 Å². The van der Waals surface area contributed by atoms with Crippen molar-refractivity contribution in [3.8, 4) is 0 Å². The van der Waals surface area contributed by atoms with E-state index >= 15 is 0 Å². The lowest BCUT2D eigenvalue weighted by Gasteiger charge is -2.32. The summed E-state index contributed by atoms with van der Waals surface area (Å²) < 4.78 is 0. The second-order valence-corrected chi connectivity index (χ2v) is 6.87. The van der Waals surface area contributed by atoms with Crippen LogP contribution in [0.25, 0.3) is 0 Å². The number of rotatable bonds is 7. The van der Waals surface area contributed by atoms with Gasteiger partial charge in [-0.3, -0.25) is 14.9 Å². The first-order valence-electron chi connectivity index (χ1n) is 8.26. The van der Waals surface area contributed by atoms with Crippen molar-refractivity contribution < 1.29 is 9.72 Å². The minimum Gasteiger partial charge on any atom is -0.379 e. The molecule has 1 amide bonds. The molecule has 7 heteroatoms. The molecule has 132 valence electrons. The first-order chi connectivity index (χ1) is 11.4. The van der Waals surface area contributed by atoms with Crippen LogP contribution in [-0.2, 0) is 0 Å². The van der Waals surface area contributed by atoms with Crippen molar-refractivity contribution in [3.05, 3.63) is 33.9 Å². The van der Waals surface area contributed by atoms with E-state index in [-0.39, 0.29) is 17.0 Å². The number of carbonyl (C=O) groups excluding carboxylic acids is 1. The summed E-state index contributed by atoms with van der Waals surface area (Å²) in [7, 11) is 5.62. The van der Waals surface area contributed by atoms with Crippen LogP contribution in [0.1, 0.15) is 36.0 Å². The molecule has 2 rings (SSSR count). The van der Waals surface area contributed by atoms with Gasteiger partial charge in [0.05, 0.1) is 4.92 Å². The Morgan fingerprint density at radius 2 is 2.00 bits per heavy atom. The van der Waals surface area contributed by atoms with E-state index in [1.165, 1.54) is 26.0 Å². The second-order valence-electron chi connectivity index (χ2n) is 6.87. The van der Waals surface area contributed by atoms with Crippen LogP contribution in [-0.4, -0.2) is 50.0 Å². The van der Waals surface area contributed by atoms with Crippen molar-refractivity contribution >= 4 is 17.3 Å². The first-order valence-corrected chi connectivity index (χ1v) is 8.26. The van der Waals surface area contributed by atoms with Gasteiger partial charge in [0.25, 0.3) is 11.6 Å². The maximum atomic E-state index is 11.7. The Morgan fingerprint density at radius 1 is 1.33 bits per heavy atom. The maximum absolute atomic E-state index is 11.7. The Labute approximate surface area is 142 Å². The van der Waals surface area contributed by atoms with Crippen LogP contribution in [0, 0.1) is 15.5 Å². The van der Waals surface area contributed by atoms with Gasteiger partial charge in [-0.25, -0.2) is 0 Å². The fourth-order valence-electron chi connectivity index (χ4n) is 3.59. The van der Waals surface area contributed by atoms with Gasteiger partial charge in [0, 0.05) is 37.2 Å². The Balaban J connectivity index is 2.19. The summed E-state index contributed by atoms with van der Waals surface area (Å²) in [5.41, 5.74) is 0.849. The van der Waals surface area contributed by atoms with Crippen molar-refractivity contribution in [1.29, 1.82) is 0 Å². The largest absolute Gasteiger partial charge is 0.379 e. The van der Waals surface area contributed by atoms with Crippen LogP contribution in [0.15, 0.2) is 18.2 Å². The summed E-state index contributed by atoms with van der Waals surface area (Å²) in [6.45, 7) is 1.66. The number of carbonyl (C=O) groups is 1. The van der Waals surface area contributed by atoms with Gasteiger partial charge in [0.2, 0.25) is 0 Å². The third-order valence-electron chi connectivity index (χ3n) is 4.65. The summed E-state index contributed by atoms with van der Waals surface area (Å²) in [5, 5.41) is 17.1. The SMILES string of the molecule is CNC(=O)c1ccc(NCC2(CN(C)C)CCCC2)c([N+](=O)[O-])c1. The molecule has 1 aromatic rings. The maximum Gasteiger partial charge on any atom is 0.293 e. The number of anilines is 1. The van der Waals surface area contributed by atoms with E-state index in [0.29, 0.717) is 17.8 Å². The quantitative estimate of drug-likeness (QED) is 0.591. The van der Waals surface area contributed by atoms with Gasteiger partial charge in [-0.15, -0.1) is 0 Å². The third-order valence-corrected chi connectivity index (χ3v) is 4.65. The molecule has 1 fully saturated rings. The lowest BCUT2D eigenvalue weighted by atomic mass is 9.85. The Hall–Kier alpha value is -2.15. The molecule has 1 aliphatic rings. The van der Waals surface area contributed by atoms with E-state index in [2.05, 4.69) is 29.6 Å². The van der Waals surface area contributed by atoms with E-state index in [1.807, 2.05) is 0 Å². The Morgan fingerprint density at radius 3 is 2.54 bits per heavy atom.